The normalized spacial score (nSPS) is 10.6. The highest BCUT2D eigenvalue weighted by atomic mass is 32.2. The van der Waals surface area contributed by atoms with E-state index in [1.807, 2.05) is 0 Å². The van der Waals surface area contributed by atoms with Gasteiger partial charge in [-0.05, 0) is 17.7 Å². The molecule has 7 nitrogen and oxygen atoms in total. The number of nitrogens with zero attached hydrogens (tertiary/aromatic N) is 3. The summed E-state index contributed by atoms with van der Waals surface area (Å²) in [6.45, 7) is 0. The maximum atomic E-state index is 11.4. The average Bonchev–Trinajstić information content (AvgIpc) is 2.62. The first-order valence-electron chi connectivity index (χ1n) is 7.16. The number of nitrogen functional groups attached to an aromatic ring is 1. The maximum Gasteiger partial charge on any atom is 0.316 e. The SMILES string of the molecule is CN=Cc1c(N)nc(SCC(=O)OC)c(C#N)c1-c1ccc(O)cc1. The fourth-order valence-electron chi connectivity index (χ4n) is 2.18. The summed E-state index contributed by atoms with van der Waals surface area (Å²) in [5.74, 6) is -0.122. The van der Waals surface area contributed by atoms with Crippen LogP contribution in [-0.4, -0.2) is 42.2 Å². The van der Waals surface area contributed by atoms with Crippen LogP contribution in [0.2, 0.25) is 0 Å². The summed E-state index contributed by atoms with van der Waals surface area (Å²) in [6.07, 6.45) is 1.53. The number of esters is 1. The summed E-state index contributed by atoms with van der Waals surface area (Å²) in [7, 11) is 2.88. The quantitative estimate of drug-likeness (QED) is 0.478. The van der Waals surface area contributed by atoms with Crippen LogP contribution in [-0.2, 0) is 9.53 Å². The molecule has 1 heterocycles. The molecule has 25 heavy (non-hydrogen) atoms. The van der Waals surface area contributed by atoms with Crippen LogP contribution < -0.4 is 5.73 Å². The van der Waals surface area contributed by atoms with Gasteiger partial charge in [-0.25, -0.2) is 4.98 Å². The number of aromatic nitrogens is 1. The highest BCUT2D eigenvalue weighted by Gasteiger charge is 2.20. The van der Waals surface area contributed by atoms with Crippen molar-refractivity contribution in [1.29, 1.82) is 5.26 Å². The minimum absolute atomic E-state index is 0.00779. The van der Waals surface area contributed by atoms with Crippen LogP contribution in [0.4, 0.5) is 5.82 Å². The highest BCUT2D eigenvalue weighted by molar-refractivity contribution is 7.99. The van der Waals surface area contributed by atoms with Gasteiger partial charge in [-0.1, -0.05) is 23.9 Å². The third kappa shape index (κ3) is 4.08. The predicted molar refractivity (Wildman–Crippen MR) is 96.7 cm³/mol. The number of thioether (sulfide) groups is 1. The van der Waals surface area contributed by atoms with Gasteiger partial charge in [0.2, 0.25) is 0 Å². The Kier molecular flexibility index (Phi) is 5.98. The molecule has 0 atom stereocenters. The summed E-state index contributed by atoms with van der Waals surface area (Å²) in [6, 6.07) is 8.51. The summed E-state index contributed by atoms with van der Waals surface area (Å²) < 4.78 is 4.62. The highest BCUT2D eigenvalue weighted by Crippen LogP contribution is 2.35. The first-order chi connectivity index (χ1) is 12.0. The van der Waals surface area contributed by atoms with Gasteiger partial charge in [-0.3, -0.25) is 9.79 Å². The predicted octanol–water partition coefficient (Wildman–Crippen LogP) is 2.22. The number of ether oxygens (including phenoxy) is 1. The van der Waals surface area contributed by atoms with Gasteiger partial charge in [0.05, 0.1) is 18.4 Å². The van der Waals surface area contributed by atoms with E-state index >= 15 is 0 Å². The molecule has 0 unspecified atom stereocenters. The second kappa shape index (κ2) is 8.17. The van der Waals surface area contributed by atoms with E-state index in [0.29, 0.717) is 21.7 Å². The zero-order valence-electron chi connectivity index (χ0n) is 13.7. The average molecular weight is 356 g/mol. The van der Waals surface area contributed by atoms with Crippen molar-refractivity contribution in [3.63, 3.8) is 0 Å². The van der Waals surface area contributed by atoms with Crippen LogP contribution in [0.15, 0.2) is 34.3 Å². The number of hydrogen-bond acceptors (Lipinski definition) is 8. The third-order valence-corrected chi connectivity index (χ3v) is 4.26. The number of nitriles is 1. The van der Waals surface area contributed by atoms with Crippen molar-refractivity contribution >= 4 is 29.8 Å². The Balaban J connectivity index is 2.67. The summed E-state index contributed by atoms with van der Waals surface area (Å²) in [5, 5.41) is 19.5. The second-order valence-electron chi connectivity index (χ2n) is 4.88. The van der Waals surface area contributed by atoms with Crippen molar-refractivity contribution in [2.45, 2.75) is 5.03 Å². The molecule has 0 saturated heterocycles. The molecule has 0 aliphatic carbocycles. The van der Waals surface area contributed by atoms with Gasteiger partial charge in [-0.15, -0.1) is 0 Å². The van der Waals surface area contributed by atoms with Gasteiger partial charge in [0, 0.05) is 24.4 Å². The standard InChI is InChI=1S/C17H16N4O3S/c1-20-8-13-15(10-3-5-11(22)6-4-10)12(7-18)17(21-16(13)19)25-9-14(23)24-2/h3-6,8,22H,9H2,1-2H3,(H2,19,21). The van der Waals surface area contributed by atoms with Gasteiger partial charge in [0.25, 0.3) is 0 Å². The van der Waals surface area contributed by atoms with E-state index in [9.17, 15) is 15.2 Å². The van der Waals surface area contributed by atoms with Crippen molar-refractivity contribution in [3.05, 3.63) is 35.4 Å². The lowest BCUT2D eigenvalue weighted by Gasteiger charge is -2.14. The molecule has 8 heteroatoms. The Morgan fingerprint density at radius 1 is 1.48 bits per heavy atom. The molecular weight excluding hydrogens is 340 g/mol. The number of phenolic OH excluding ortho intramolecular Hbond substituents is 1. The van der Waals surface area contributed by atoms with Gasteiger partial charge in [-0.2, -0.15) is 5.26 Å². The summed E-state index contributed by atoms with van der Waals surface area (Å²) >= 11 is 1.08. The lowest BCUT2D eigenvalue weighted by atomic mass is 9.96. The lowest BCUT2D eigenvalue weighted by Crippen LogP contribution is -2.08. The zero-order valence-corrected chi connectivity index (χ0v) is 14.5. The van der Waals surface area contributed by atoms with E-state index in [4.69, 9.17) is 5.73 Å². The van der Waals surface area contributed by atoms with E-state index in [1.54, 1.807) is 19.2 Å². The number of nitrogens with two attached hydrogens (primary N) is 1. The number of rotatable bonds is 5. The fraction of sp³-hybridized carbons (Fsp3) is 0.176. The minimum Gasteiger partial charge on any atom is -0.508 e. The number of carbonyl (C=O) groups excluding carboxylic acids is 1. The van der Waals surface area contributed by atoms with Crippen LogP contribution in [0, 0.1) is 11.3 Å². The van der Waals surface area contributed by atoms with Gasteiger partial charge in [0.15, 0.2) is 0 Å². The first kappa shape index (κ1) is 18.3. The van der Waals surface area contributed by atoms with Gasteiger partial charge in [0.1, 0.15) is 22.7 Å². The molecule has 0 radical (unpaired) electrons. The number of anilines is 1. The number of hydrogen-bond donors (Lipinski definition) is 2. The molecule has 0 aliphatic rings. The van der Waals surface area contributed by atoms with E-state index < -0.39 is 5.97 Å². The molecular formula is C17H16N4O3S. The van der Waals surface area contributed by atoms with Crippen molar-refractivity contribution < 1.29 is 14.6 Å². The third-order valence-electron chi connectivity index (χ3n) is 3.31. The van der Waals surface area contributed by atoms with Crippen molar-refractivity contribution in [1.82, 2.24) is 4.98 Å². The Bertz CT molecular complexity index is 858. The number of methoxy groups -OCH3 is 1. The topological polar surface area (TPSA) is 122 Å². The smallest absolute Gasteiger partial charge is 0.316 e. The molecule has 0 aliphatic heterocycles. The van der Waals surface area contributed by atoms with Crippen molar-refractivity contribution in [3.8, 4) is 22.9 Å². The Morgan fingerprint density at radius 2 is 2.16 bits per heavy atom. The van der Waals surface area contributed by atoms with Crippen LogP contribution in [0.1, 0.15) is 11.1 Å². The Morgan fingerprint density at radius 3 is 2.72 bits per heavy atom. The van der Waals surface area contributed by atoms with Crippen LogP contribution in [0.5, 0.6) is 5.75 Å². The molecule has 0 bridgehead atoms. The maximum absolute atomic E-state index is 11.4. The Hall–Kier alpha value is -3.05. The van der Waals surface area contributed by atoms with E-state index in [0.717, 1.165) is 11.8 Å². The lowest BCUT2D eigenvalue weighted by molar-refractivity contribution is -0.137. The molecule has 2 aromatic rings. The molecule has 0 spiro atoms. The second-order valence-corrected chi connectivity index (χ2v) is 5.84. The molecule has 3 N–H and O–H groups in total. The minimum atomic E-state index is -0.431. The molecule has 0 fully saturated rings. The molecule has 1 aromatic heterocycles. The van der Waals surface area contributed by atoms with Crippen molar-refractivity contribution in [2.24, 2.45) is 4.99 Å². The van der Waals surface area contributed by atoms with Crippen LogP contribution in [0.25, 0.3) is 11.1 Å². The van der Waals surface area contributed by atoms with Crippen molar-refractivity contribution in [2.75, 3.05) is 25.6 Å². The van der Waals surface area contributed by atoms with E-state index in [-0.39, 0.29) is 22.9 Å². The molecule has 128 valence electrons. The summed E-state index contributed by atoms with van der Waals surface area (Å²) in [4.78, 5) is 19.6. The summed E-state index contributed by atoms with van der Waals surface area (Å²) in [5.41, 5.74) is 8.06. The fourth-order valence-corrected chi connectivity index (χ4v) is 3.00. The molecule has 0 amide bonds. The molecule has 2 rings (SSSR count). The molecule has 0 saturated carbocycles. The number of carbonyl (C=O) groups is 1. The van der Waals surface area contributed by atoms with Crippen LogP contribution >= 0.6 is 11.8 Å². The Labute approximate surface area is 149 Å². The number of pyridine rings is 1. The number of aliphatic imine (C=N–C) groups is 1. The largest absolute Gasteiger partial charge is 0.508 e. The van der Waals surface area contributed by atoms with Crippen LogP contribution in [0.3, 0.4) is 0 Å². The number of phenols is 1. The number of aromatic hydroxyl groups is 1. The number of benzene rings is 1. The van der Waals surface area contributed by atoms with E-state index in [2.05, 4.69) is 20.8 Å². The first-order valence-corrected chi connectivity index (χ1v) is 8.15. The van der Waals surface area contributed by atoms with Gasteiger partial charge < -0.3 is 15.6 Å². The zero-order chi connectivity index (χ0) is 18.4. The monoisotopic (exact) mass is 356 g/mol. The van der Waals surface area contributed by atoms with Gasteiger partial charge >= 0.3 is 5.97 Å². The van der Waals surface area contributed by atoms with E-state index in [1.165, 1.54) is 25.5 Å². The molecule has 1 aromatic carbocycles.